The van der Waals surface area contributed by atoms with Gasteiger partial charge in [-0.05, 0) is 92.7 Å². The average Bonchev–Trinajstić information content (AvgIpc) is 2.72. The zero-order chi connectivity index (χ0) is 26.1. The molecule has 0 aliphatic heterocycles. The first-order chi connectivity index (χ1) is 16.0. The van der Waals surface area contributed by atoms with E-state index < -0.39 is 11.8 Å². The van der Waals surface area contributed by atoms with Gasteiger partial charge in [-0.2, -0.15) is 0 Å². The molecule has 4 nitrogen and oxygen atoms in total. The van der Waals surface area contributed by atoms with Gasteiger partial charge in [-0.3, -0.25) is 9.59 Å². The van der Waals surface area contributed by atoms with Crippen LogP contribution in [0, 0.1) is 0 Å². The number of hydrogen-bond donors (Lipinski definition) is 0. The number of ketones is 2. The fourth-order valence-corrected chi connectivity index (χ4v) is 3.12. The van der Waals surface area contributed by atoms with Gasteiger partial charge in [-0.15, -0.1) is 0 Å². The maximum Gasteiger partial charge on any atom is 0.342 e. The Kier molecular flexibility index (Phi) is 16.3. The summed E-state index contributed by atoms with van der Waals surface area (Å²) in [5.74, 6) is -1.61. The smallest absolute Gasteiger partial charge is 0.342 e. The molecular formula is C30H44O4. The Morgan fingerprint density at radius 2 is 1.21 bits per heavy atom. The lowest BCUT2D eigenvalue weighted by molar-refractivity contribution is -0.139. The molecule has 0 N–H and O–H groups in total. The van der Waals surface area contributed by atoms with Crippen molar-refractivity contribution in [3.05, 3.63) is 69.9 Å². The van der Waals surface area contributed by atoms with Gasteiger partial charge in [-0.1, -0.05) is 59.9 Å². The molecule has 0 aliphatic rings. The highest BCUT2D eigenvalue weighted by atomic mass is 16.5. The van der Waals surface area contributed by atoms with E-state index in [1.54, 1.807) is 13.0 Å². The van der Waals surface area contributed by atoms with E-state index in [-0.39, 0.29) is 23.5 Å². The molecule has 0 fully saturated rings. The number of ether oxygens (including phenoxy) is 1. The molecule has 0 aromatic carbocycles. The van der Waals surface area contributed by atoms with Gasteiger partial charge in [0.05, 0.1) is 6.61 Å². The number of esters is 1. The van der Waals surface area contributed by atoms with Crippen LogP contribution < -0.4 is 0 Å². The molecule has 188 valence electrons. The van der Waals surface area contributed by atoms with Crippen molar-refractivity contribution in [1.29, 1.82) is 0 Å². The monoisotopic (exact) mass is 468 g/mol. The van der Waals surface area contributed by atoms with E-state index in [1.165, 1.54) is 23.3 Å². The van der Waals surface area contributed by atoms with Crippen molar-refractivity contribution >= 4 is 17.5 Å². The highest BCUT2D eigenvalue weighted by molar-refractivity contribution is 6.27. The third kappa shape index (κ3) is 13.7. The van der Waals surface area contributed by atoms with Crippen LogP contribution in [0.2, 0.25) is 0 Å². The molecule has 4 heteroatoms. The Bertz CT molecular complexity index is 881. The first kappa shape index (κ1) is 31.2. The third-order valence-corrected chi connectivity index (χ3v) is 4.94. The van der Waals surface area contributed by atoms with Crippen LogP contribution in [-0.4, -0.2) is 24.1 Å². The Hall–Kier alpha value is -2.75. The number of allylic oxidation sites excluding steroid dienone is 11. The van der Waals surface area contributed by atoms with Crippen LogP contribution in [0.4, 0.5) is 0 Å². The molecule has 0 aromatic heterocycles. The van der Waals surface area contributed by atoms with Gasteiger partial charge in [0.1, 0.15) is 5.57 Å². The lowest BCUT2D eigenvalue weighted by atomic mass is 9.95. The first-order valence-electron chi connectivity index (χ1n) is 12.3. The minimum Gasteiger partial charge on any atom is -0.462 e. The zero-order valence-electron chi connectivity index (χ0n) is 22.5. The molecule has 0 saturated heterocycles. The summed E-state index contributed by atoms with van der Waals surface area (Å²) in [6.45, 7) is 15.7. The molecule has 0 radical (unpaired) electrons. The van der Waals surface area contributed by atoms with Crippen molar-refractivity contribution < 1.29 is 19.1 Å². The van der Waals surface area contributed by atoms with Gasteiger partial charge >= 0.3 is 5.97 Å². The number of carbonyl (C=O) groups is 3. The molecule has 0 heterocycles. The maximum absolute atomic E-state index is 13.2. The molecule has 0 rings (SSSR count). The predicted octanol–water partition coefficient (Wildman–Crippen LogP) is 7.73. The maximum atomic E-state index is 13.2. The standard InChI is InChI=1S/C30H44O4/c1-9-11-12-19-26(27(31)20-24(7)17-13-15-22(3)4)29(30(33)34-10-2)28(32)21-25(8)18-14-16-23(5)6/h12,15-16,19-21H,9-11,13-14,17-18H2,1-8H3/b19-12+,24-20+,25-21+,29-26+. The van der Waals surface area contributed by atoms with Gasteiger partial charge < -0.3 is 4.74 Å². The van der Waals surface area contributed by atoms with E-state index in [0.717, 1.165) is 43.3 Å². The second kappa shape index (κ2) is 17.7. The van der Waals surface area contributed by atoms with E-state index in [2.05, 4.69) is 12.2 Å². The molecular weight excluding hydrogens is 424 g/mol. The van der Waals surface area contributed by atoms with Crippen LogP contribution in [0.5, 0.6) is 0 Å². The van der Waals surface area contributed by atoms with Crippen LogP contribution in [0.15, 0.2) is 69.9 Å². The van der Waals surface area contributed by atoms with Gasteiger partial charge in [0.25, 0.3) is 0 Å². The van der Waals surface area contributed by atoms with Crippen molar-refractivity contribution in [1.82, 2.24) is 0 Å². The number of rotatable bonds is 15. The summed E-state index contributed by atoms with van der Waals surface area (Å²) in [5, 5.41) is 0. The quantitative estimate of drug-likeness (QED) is 0.0616. The van der Waals surface area contributed by atoms with Crippen molar-refractivity contribution in [3.8, 4) is 0 Å². The largest absolute Gasteiger partial charge is 0.462 e. The van der Waals surface area contributed by atoms with Crippen LogP contribution >= 0.6 is 0 Å². The van der Waals surface area contributed by atoms with Crippen molar-refractivity contribution in [2.75, 3.05) is 6.61 Å². The minimum atomic E-state index is -0.763. The van der Waals surface area contributed by atoms with Crippen LogP contribution in [0.25, 0.3) is 0 Å². The van der Waals surface area contributed by atoms with E-state index in [0.29, 0.717) is 6.42 Å². The molecule has 0 saturated carbocycles. The summed E-state index contributed by atoms with van der Waals surface area (Å²) >= 11 is 0. The summed E-state index contributed by atoms with van der Waals surface area (Å²) in [5.41, 5.74) is 4.08. The predicted molar refractivity (Wildman–Crippen MR) is 143 cm³/mol. The van der Waals surface area contributed by atoms with Crippen molar-refractivity contribution in [2.45, 2.75) is 93.9 Å². The van der Waals surface area contributed by atoms with Crippen LogP contribution in [-0.2, 0) is 19.1 Å². The van der Waals surface area contributed by atoms with Gasteiger partial charge in [0, 0.05) is 5.57 Å². The highest BCUT2D eigenvalue weighted by Crippen LogP contribution is 2.18. The molecule has 0 unspecified atom stereocenters. The lowest BCUT2D eigenvalue weighted by Gasteiger charge is -2.10. The van der Waals surface area contributed by atoms with Crippen molar-refractivity contribution in [3.63, 3.8) is 0 Å². The van der Waals surface area contributed by atoms with E-state index in [1.807, 2.05) is 54.5 Å². The molecule has 0 bridgehead atoms. The van der Waals surface area contributed by atoms with E-state index in [9.17, 15) is 14.4 Å². The summed E-state index contributed by atoms with van der Waals surface area (Å²) in [6.07, 6.45) is 15.3. The Morgan fingerprint density at radius 1 is 0.706 bits per heavy atom. The van der Waals surface area contributed by atoms with Gasteiger partial charge in [0.15, 0.2) is 11.6 Å². The highest BCUT2D eigenvalue weighted by Gasteiger charge is 2.25. The first-order valence-corrected chi connectivity index (χ1v) is 12.3. The molecule has 0 atom stereocenters. The molecule has 0 spiro atoms. The number of carbonyl (C=O) groups excluding carboxylic acids is 3. The SMILES string of the molecule is CCC/C=C/C(C(=O)/C=C(\C)CCC=C(C)C)=C(/C(=O)/C=C(\C)CCC=C(C)C)C(=O)OCC. The summed E-state index contributed by atoms with van der Waals surface area (Å²) in [4.78, 5) is 39.3. The van der Waals surface area contributed by atoms with Crippen LogP contribution in [0.1, 0.15) is 93.9 Å². The van der Waals surface area contributed by atoms with Crippen molar-refractivity contribution in [2.24, 2.45) is 0 Å². The Balaban J connectivity index is 6.34. The second-order valence-electron chi connectivity index (χ2n) is 9.05. The fourth-order valence-electron chi connectivity index (χ4n) is 3.12. The topological polar surface area (TPSA) is 60.4 Å². The molecule has 34 heavy (non-hydrogen) atoms. The van der Waals surface area contributed by atoms with E-state index in [4.69, 9.17) is 4.74 Å². The molecule has 0 aliphatic carbocycles. The summed E-state index contributed by atoms with van der Waals surface area (Å²) < 4.78 is 5.18. The third-order valence-electron chi connectivity index (χ3n) is 4.94. The molecule has 0 aromatic rings. The minimum absolute atomic E-state index is 0.0896. The zero-order valence-corrected chi connectivity index (χ0v) is 22.5. The van der Waals surface area contributed by atoms with E-state index >= 15 is 0 Å². The summed E-state index contributed by atoms with van der Waals surface area (Å²) in [7, 11) is 0. The average molecular weight is 469 g/mol. The van der Waals surface area contributed by atoms with Crippen LogP contribution in [0.3, 0.4) is 0 Å². The second-order valence-corrected chi connectivity index (χ2v) is 9.05. The number of unbranched alkanes of at least 4 members (excludes halogenated alkanes) is 1. The Labute approximate surface area is 207 Å². The Morgan fingerprint density at radius 3 is 1.65 bits per heavy atom. The molecule has 0 amide bonds. The fraction of sp³-hybridized carbons (Fsp3) is 0.500. The summed E-state index contributed by atoms with van der Waals surface area (Å²) in [6, 6.07) is 0. The lowest BCUT2D eigenvalue weighted by Crippen LogP contribution is -2.19. The number of hydrogen-bond acceptors (Lipinski definition) is 4. The van der Waals surface area contributed by atoms with Gasteiger partial charge in [-0.25, -0.2) is 4.79 Å². The normalized spacial score (nSPS) is 12.8. The van der Waals surface area contributed by atoms with Gasteiger partial charge in [0.2, 0.25) is 0 Å².